The fourth-order valence-electron chi connectivity index (χ4n) is 1.68. The Morgan fingerprint density at radius 1 is 1.10 bits per heavy atom. The number of hydrogen-bond acceptors (Lipinski definition) is 2. The van der Waals surface area contributed by atoms with E-state index in [-0.39, 0.29) is 5.75 Å². The molecule has 0 saturated heterocycles. The van der Waals surface area contributed by atoms with E-state index in [0.717, 1.165) is 14.6 Å². The van der Waals surface area contributed by atoms with Gasteiger partial charge in [0.1, 0.15) is 5.75 Å². The second-order valence-corrected chi connectivity index (χ2v) is 5.73. The van der Waals surface area contributed by atoms with E-state index in [4.69, 9.17) is 0 Å². The standard InChI is InChI=1S/C14H11Br2F2NO/c15-10-5-6-12(11(16)7-10)19-8-9-3-1-2-4-13(9)20-14(17)18/h1-7,14,19H,8H2. The Labute approximate surface area is 132 Å². The lowest BCUT2D eigenvalue weighted by molar-refractivity contribution is -0.0504. The average Bonchev–Trinajstić information content (AvgIpc) is 2.39. The maximum absolute atomic E-state index is 12.3. The van der Waals surface area contributed by atoms with E-state index in [2.05, 4.69) is 41.9 Å². The second kappa shape index (κ2) is 7.04. The number of nitrogens with one attached hydrogen (secondary N) is 1. The van der Waals surface area contributed by atoms with Crippen LogP contribution in [0.4, 0.5) is 14.5 Å². The predicted molar refractivity (Wildman–Crippen MR) is 82.2 cm³/mol. The van der Waals surface area contributed by atoms with E-state index in [1.165, 1.54) is 6.07 Å². The van der Waals surface area contributed by atoms with Crippen LogP contribution in [0, 0.1) is 0 Å². The first-order valence-corrected chi connectivity index (χ1v) is 7.36. The van der Waals surface area contributed by atoms with E-state index < -0.39 is 6.61 Å². The van der Waals surface area contributed by atoms with Gasteiger partial charge in [0.2, 0.25) is 0 Å². The maximum atomic E-state index is 12.3. The minimum atomic E-state index is -2.82. The molecule has 0 aliphatic heterocycles. The van der Waals surface area contributed by atoms with Crippen molar-refractivity contribution in [2.75, 3.05) is 5.32 Å². The molecule has 0 amide bonds. The van der Waals surface area contributed by atoms with Crippen LogP contribution in [0.5, 0.6) is 5.75 Å². The number of anilines is 1. The molecule has 0 bridgehead atoms. The van der Waals surface area contributed by atoms with Crippen LogP contribution in [-0.4, -0.2) is 6.61 Å². The first kappa shape index (κ1) is 15.3. The van der Waals surface area contributed by atoms with Crippen molar-refractivity contribution < 1.29 is 13.5 Å². The van der Waals surface area contributed by atoms with Crippen LogP contribution in [0.1, 0.15) is 5.56 Å². The fourth-order valence-corrected chi connectivity index (χ4v) is 2.87. The van der Waals surface area contributed by atoms with Crippen LogP contribution in [-0.2, 0) is 6.54 Å². The molecule has 0 aromatic heterocycles. The first-order chi connectivity index (χ1) is 9.56. The molecule has 0 radical (unpaired) electrons. The summed E-state index contributed by atoms with van der Waals surface area (Å²) < 4.78 is 31.0. The van der Waals surface area contributed by atoms with Gasteiger partial charge in [-0.25, -0.2) is 0 Å². The summed E-state index contributed by atoms with van der Waals surface area (Å²) in [5.41, 5.74) is 1.54. The zero-order valence-corrected chi connectivity index (χ0v) is 13.4. The number of para-hydroxylation sites is 1. The topological polar surface area (TPSA) is 21.3 Å². The molecule has 2 aromatic carbocycles. The van der Waals surface area contributed by atoms with Gasteiger partial charge in [-0.15, -0.1) is 0 Å². The van der Waals surface area contributed by atoms with E-state index in [1.54, 1.807) is 18.2 Å². The monoisotopic (exact) mass is 405 g/mol. The van der Waals surface area contributed by atoms with Crippen molar-refractivity contribution >= 4 is 37.5 Å². The molecule has 1 N–H and O–H groups in total. The van der Waals surface area contributed by atoms with Crippen molar-refractivity contribution in [3.8, 4) is 5.75 Å². The molecule has 0 fully saturated rings. The summed E-state index contributed by atoms with van der Waals surface area (Å²) in [7, 11) is 0. The van der Waals surface area contributed by atoms with E-state index in [0.29, 0.717) is 12.1 Å². The van der Waals surface area contributed by atoms with E-state index in [9.17, 15) is 8.78 Å². The zero-order chi connectivity index (χ0) is 14.5. The van der Waals surface area contributed by atoms with Crippen molar-refractivity contribution in [3.05, 3.63) is 57.0 Å². The van der Waals surface area contributed by atoms with Crippen LogP contribution < -0.4 is 10.1 Å². The third kappa shape index (κ3) is 4.18. The predicted octanol–water partition coefficient (Wildman–Crippen LogP) is 5.43. The number of alkyl halides is 2. The highest BCUT2D eigenvalue weighted by atomic mass is 79.9. The van der Waals surface area contributed by atoms with Gasteiger partial charge in [-0.2, -0.15) is 8.78 Å². The number of halogens is 4. The molecule has 0 atom stereocenters. The fraction of sp³-hybridized carbons (Fsp3) is 0.143. The number of ether oxygens (including phenoxy) is 1. The van der Waals surface area contributed by atoms with Crippen LogP contribution in [0.2, 0.25) is 0 Å². The number of rotatable bonds is 5. The van der Waals surface area contributed by atoms with Gasteiger partial charge in [-0.05, 0) is 40.2 Å². The van der Waals surface area contributed by atoms with Crippen molar-refractivity contribution in [2.45, 2.75) is 13.2 Å². The number of benzene rings is 2. The largest absolute Gasteiger partial charge is 0.434 e. The SMILES string of the molecule is FC(F)Oc1ccccc1CNc1ccc(Br)cc1Br. The Balaban J connectivity index is 2.10. The lowest BCUT2D eigenvalue weighted by Crippen LogP contribution is -2.07. The highest BCUT2D eigenvalue weighted by Crippen LogP contribution is 2.28. The molecule has 0 saturated carbocycles. The Morgan fingerprint density at radius 3 is 2.55 bits per heavy atom. The third-order valence-corrected chi connectivity index (χ3v) is 3.74. The van der Waals surface area contributed by atoms with Crippen molar-refractivity contribution in [2.24, 2.45) is 0 Å². The van der Waals surface area contributed by atoms with Gasteiger partial charge >= 0.3 is 6.61 Å². The Bertz CT molecular complexity index is 593. The molecular formula is C14H11Br2F2NO. The molecule has 106 valence electrons. The average molecular weight is 407 g/mol. The van der Waals surface area contributed by atoms with E-state index >= 15 is 0 Å². The summed E-state index contributed by atoms with van der Waals surface area (Å²) in [6, 6.07) is 12.4. The Hall–Kier alpha value is -1.14. The highest BCUT2D eigenvalue weighted by Gasteiger charge is 2.09. The summed E-state index contributed by atoms with van der Waals surface area (Å²) >= 11 is 6.81. The van der Waals surface area contributed by atoms with Crippen LogP contribution in [0.25, 0.3) is 0 Å². The van der Waals surface area contributed by atoms with Gasteiger partial charge in [-0.1, -0.05) is 34.1 Å². The molecule has 0 aliphatic rings. The van der Waals surface area contributed by atoms with Gasteiger partial charge < -0.3 is 10.1 Å². The van der Waals surface area contributed by atoms with Crippen molar-refractivity contribution in [1.29, 1.82) is 0 Å². The molecule has 0 heterocycles. The zero-order valence-electron chi connectivity index (χ0n) is 10.2. The lowest BCUT2D eigenvalue weighted by Gasteiger charge is -2.13. The first-order valence-electron chi connectivity index (χ1n) is 5.78. The normalized spacial score (nSPS) is 10.7. The second-order valence-electron chi connectivity index (χ2n) is 3.96. The molecule has 0 unspecified atom stereocenters. The summed E-state index contributed by atoms with van der Waals surface area (Å²) in [4.78, 5) is 0. The molecule has 0 aliphatic carbocycles. The van der Waals surface area contributed by atoms with Crippen LogP contribution in [0.3, 0.4) is 0 Å². The third-order valence-electron chi connectivity index (χ3n) is 2.59. The van der Waals surface area contributed by atoms with Gasteiger partial charge in [0.15, 0.2) is 0 Å². The molecule has 0 spiro atoms. The van der Waals surface area contributed by atoms with Crippen LogP contribution in [0.15, 0.2) is 51.4 Å². The molecule has 2 rings (SSSR count). The minimum absolute atomic E-state index is 0.184. The molecule has 6 heteroatoms. The van der Waals surface area contributed by atoms with Gasteiger partial charge in [0, 0.05) is 26.7 Å². The van der Waals surface area contributed by atoms with E-state index in [1.807, 2.05) is 18.2 Å². The molecule has 2 nitrogen and oxygen atoms in total. The lowest BCUT2D eigenvalue weighted by atomic mass is 10.2. The summed E-state index contributed by atoms with van der Waals surface area (Å²) in [6.45, 7) is -2.43. The number of hydrogen-bond donors (Lipinski definition) is 1. The quantitative estimate of drug-likeness (QED) is 0.715. The minimum Gasteiger partial charge on any atom is -0.434 e. The Kier molecular flexibility index (Phi) is 5.37. The maximum Gasteiger partial charge on any atom is 0.387 e. The smallest absolute Gasteiger partial charge is 0.387 e. The molecule has 2 aromatic rings. The molecular weight excluding hydrogens is 396 g/mol. The van der Waals surface area contributed by atoms with Gasteiger partial charge in [0.25, 0.3) is 0 Å². The van der Waals surface area contributed by atoms with Gasteiger partial charge in [-0.3, -0.25) is 0 Å². The molecule has 20 heavy (non-hydrogen) atoms. The van der Waals surface area contributed by atoms with Crippen LogP contribution >= 0.6 is 31.9 Å². The Morgan fingerprint density at radius 2 is 1.85 bits per heavy atom. The van der Waals surface area contributed by atoms with Gasteiger partial charge in [0.05, 0.1) is 0 Å². The summed E-state index contributed by atoms with van der Waals surface area (Å²) in [6.07, 6.45) is 0. The van der Waals surface area contributed by atoms with Crippen molar-refractivity contribution in [3.63, 3.8) is 0 Å². The van der Waals surface area contributed by atoms with Crippen molar-refractivity contribution in [1.82, 2.24) is 0 Å². The summed E-state index contributed by atoms with van der Waals surface area (Å²) in [5.74, 6) is 0.184. The highest BCUT2D eigenvalue weighted by molar-refractivity contribution is 9.11. The summed E-state index contributed by atoms with van der Waals surface area (Å²) in [5, 5.41) is 3.18.